The maximum atomic E-state index is 12.3. The van der Waals surface area contributed by atoms with Crippen LogP contribution in [0.25, 0.3) is 6.08 Å². The van der Waals surface area contributed by atoms with Crippen molar-refractivity contribution in [1.29, 1.82) is 0 Å². The van der Waals surface area contributed by atoms with Crippen molar-refractivity contribution in [1.82, 2.24) is 9.80 Å². The number of amides is 2. The van der Waals surface area contributed by atoms with E-state index in [4.69, 9.17) is 0 Å². The maximum Gasteiger partial charge on any atom is 0.264 e. The van der Waals surface area contributed by atoms with Crippen LogP contribution in [0.15, 0.2) is 47.9 Å². The van der Waals surface area contributed by atoms with Gasteiger partial charge in [0, 0.05) is 32.3 Å². The molecule has 1 aliphatic heterocycles. The first-order chi connectivity index (χ1) is 11.6. The third kappa shape index (κ3) is 3.74. The van der Waals surface area contributed by atoms with Crippen LogP contribution in [0, 0.1) is 6.92 Å². The van der Waals surface area contributed by atoms with Crippen molar-refractivity contribution < 1.29 is 9.59 Å². The summed E-state index contributed by atoms with van der Waals surface area (Å²) in [5.41, 5.74) is 2.20. The average molecular weight is 340 g/mol. The Bertz CT molecular complexity index is 744. The van der Waals surface area contributed by atoms with Crippen LogP contribution in [0.2, 0.25) is 0 Å². The lowest BCUT2D eigenvalue weighted by atomic mass is 10.1. The summed E-state index contributed by atoms with van der Waals surface area (Å²) in [6, 6.07) is 11.7. The smallest absolute Gasteiger partial charge is 0.264 e. The van der Waals surface area contributed by atoms with Gasteiger partial charge >= 0.3 is 0 Å². The molecule has 2 heterocycles. The lowest BCUT2D eigenvalue weighted by Crippen LogP contribution is -2.50. The number of nitrogens with zero attached hydrogens (tertiary/aromatic N) is 2. The normalized spacial score (nSPS) is 15.0. The maximum absolute atomic E-state index is 12.3. The Labute approximate surface area is 146 Å². The lowest BCUT2D eigenvalue weighted by Gasteiger charge is -2.34. The second kappa shape index (κ2) is 7.45. The molecule has 0 bridgehead atoms. The van der Waals surface area contributed by atoms with Crippen molar-refractivity contribution in [3.05, 3.63) is 63.9 Å². The highest BCUT2D eigenvalue weighted by Crippen LogP contribution is 2.14. The molecule has 0 aliphatic carbocycles. The molecule has 0 radical (unpaired) electrons. The molecule has 0 saturated carbocycles. The van der Waals surface area contributed by atoms with Gasteiger partial charge in [-0.05, 0) is 35.6 Å². The standard InChI is InChI=1S/C19H20N2O2S/c1-15-5-2-3-6-16(15)8-9-18(22)20-10-12-21(13-11-20)19(23)17-7-4-14-24-17/h2-9,14H,10-13H2,1H3/b9-8+. The van der Waals surface area contributed by atoms with Gasteiger partial charge in [0.2, 0.25) is 5.91 Å². The predicted octanol–water partition coefficient (Wildman–Crippen LogP) is 3.05. The first-order valence-electron chi connectivity index (χ1n) is 8.00. The van der Waals surface area contributed by atoms with Gasteiger partial charge in [-0.1, -0.05) is 30.3 Å². The van der Waals surface area contributed by atoms with Gasteiger partial charge in [0.25, 0.3) is 5.91 Å². The summed E-state index contributed by atoms with van der Waals surface area (Å²) >= 11 is 1.46. The summed E-state index contributed by atoms with van der Waals surface area (Å²) in [6.07, 6.45) is 3.49. The summed E-state index contributed by atoms with van der Waals surface area (Å²) in [4.78, 5) is 29.0. The minimum absolute atomic E-state index is 0.00137. The molecule has 2 aromatic rings. The highest BCUT2D eigenvalue weighted by atomic mass is 32.1. The Morgan fingerprint density at radius 1 is 1.00 bits per heavy atom. The molecular weight excluding hydrogens is 320 g/mol. The van der Waals surface area contributed by atoms with E-state index in [1.807, 2.05) is 59.7 Å². The molecule has 24 heavy (non-hydrogen) atoms. The monoisotopic (exact) mass is 340 g/mol. The molecule has 5 heteroatoms. The molecule has 2 amide bonds. The molecule has 1 aliphatic rings. The van der Waals surface area contributed by atoms with E-state index in [1.165, 1.54) is 11.3 Å². The average Bonchev–Trinajstić information content (AvgIpc) is 3.15. The highest BCUT2D eigenvalue weighted by Gasteiger charge is 2.24. The quantitative estimate of drug-likeness (QED) is 0.806. The summed E-state index contributed by atoms with van der Waals surface area (Å²) in [5, 5.41) is 1.91. The number of hydrogen-bond acceptors (Lipinski definition) is 3. The third-order valence-corrected chi connectivity index (χ3v) is 5.06. The Morgan fingerprint density at radius 2 is 1.71 bits per heavy atom. The number of carbonyl (C=O) groups is 2. The fraction of sp³-hybridized carbons (Fsp3) is 0.263. The number of aryl methyl sites for hydroxylation is 1. The Morgan fingerprint density at radius 3 is 2.38 bits per heavy atom. The number of thiophene rings is 1. The minimum atomic E-state index is 0.00137. The lowest BCUT2D eigenvalue weighted by molar-refractivity contribution is -0.127. The Kier molecular flexibility index (Phi) is 5.11. The van der Waals surface area contributed by atoms with Crippen LogP contribution in [0.1, 0.15) is 20.8 Å². The molecule has 1 aromatic carbocycles. The van der Waals surface area contributed by atoms with E-state index in [1.54, 1.807) is 11.0 Å². The van der Waals surface area contributed by atoms with Gasteiger partial charge in [0.05, 0.1) is 4.88 Å². The molecule has 0 atom stereocenters. The zero-order chi connectivity index (χ0) is 16.9. The van der Waals surface area contributed by atoms with E-state index >= 15 is 0 Å². The number of carbonyl (C=O) groups excluding carboxylic acids is 2. The van der Waals surface area contributed by atoms with Crippen LogP contribution in [0.3, 0.4) is 0 Å². The second-order valence-corrected chi connectivity index (χ2v) is 6.73. The molecule has 1 fully saturated rings. The Balaban J connectivity index is 1.55. The summed E-state index contributed by atoms with van der Waals surface area (Å²) in [5.74, 6) is 0.0639. The van der Waals surface area contributed by atoms with E-state index in [-0.39, 0.29) is 11.8 Å². The van der Waals surface area contributed by atoms with Gasteiger partial charge in [0.1, 0.15) is 0 Å². The number of benzene rings is 1. The molecule has 1 aromatic heterocycles. The molecule has 0 unspecified atom stereocenters. The van der Waals surface area contributed by atoms with Crippen LogP contribution in [-0.2, 0) is 4.79 Å². The highest BCUT2D eigenvalue weighted by molar-refractivity contribution is 7.12. The first-order valence-corrected chi connectivity index (χ1v) is 8.88. The van der Waals surface area contributed by atoms with Gasteiger partial charge in [-0.2, -0.15) is 0 Å². The fourth-order valence-electron chi connectivity index (χ4n) is 2.73. The van der Waals surface area contributed by atoms with Crippen LogP contribution >= 0.6 is 11.3 Å². The molecule has 0 N–H and O–H groups in total. The van der Waals surface area contributed by atoms with Crippen molar-refractivity contribution >= 4 is 29.2 Å². The summed E-state index contributed by atoms with van der Waals surface area (Å²) < 4.78 is 0. The third-order valence-electron chi connectivity index (χ3n) is 4.20. The number of rotatable bonds is 3. The number of piperazine rings is 1. The van der Waals surface area contributed by atoms with Crippen molar-refractivity contribution in [3.63, 3.8) is 0 Å². The van der Waals surface area contributed by atoms with Gasteiger partial charge in [-0.25, -0.2) is 0 Å². The van der Waals surface area contributed by atoms with Crippen molar-refractivity contribution in [2.45, 2.75) is 6.92 Å². The molecular formula is C19H20N2O2S. The molecule has 0 spiro atoms. The summed E-state index contributed by atoms with van der Waals surface area (Å²) in [7, 11) is 0. The number of hydrogen-bond donors (Lipinski definition) is 0. The fourth-order valence-corrected chi connectivity index (χ4v) is 3.42. The van der Waals surface area contributed by atoms with Crippen molar-refractivity contribution in [3.8, 4) is 0 Å². The molecule has 124 valence electrons. The van der Waals surface area contributed by atoms with Gasteiger partial charge in [0.15, 0.2) is 0 Å². The summed E-state index contributed by atoms with van der Waals surface area (Å²) in [6.45, 7) is 4.35. The van der Waals surface area contributed by atoms with Gasteiger partial charge in [-0.3, -0.25) is 9.59 Å². The van der Waals surface area contributed by atoms with Crippen molar-refractivity contribution in [2.75, 3.05) is 26.2 Å². The zero-order valence-electron chi connectivity index (χ0n) is 13.6. The zero-order valence-corrected chi connectivity index (χ0v) is 14.5. The SMILES string of the molecule is Cc1ccccc1/C=C/C(=O)N1CCN(C(=O)c2cccs2)CC1. The second-order valence-electron chi connectivity index (χ2n) is 5.78. The van der Waals surface area contributed by atoms with E-state index in [0.717, 1.165) is 16.0 Å². The van der Waals surface area contributed by atoms with E-state index in [0.29, 0.717) is 26.2 Å². The van der Waals surface area contributed by atoms with E-state index in [9.17, 15) is 9.59 Å². The largest absolute Gasteiger partial charge is 0.336 e. The van der Waals surface area contributed by atoms with Crippen LogP contribution in [0.5, 0.6) is 0 Å². The molecule has 4 nitrogen and oxygen atoms in total. The van der Waals surface area contributed by atoms with E-state index < -0.39 is 0 Å². The van der Waals surface area contributed by atoms with Crippen LogP contribution in [0.4, 0.5) is 0 Å². The van der Waals surface area contributed by atoms with Gasteiger partial charge < -0.3 is 9.80 Å². The van der Waals surface area contributed by atoms with Crippen molar-refractivity contribution in [2.24, 2.45) is 0 Å². The molecule has 3 rings (SSSR count). The first kappa shape index (κ1) is 16.5. The topological polar surface area (TPSA) is 40.6 Å². The predicted molar refractivity (Wildman–Crippen MR) is 97.0 cm³/mol. The van der Waals surface area contributed by atoms with E-state index in [2.05, 4.69) is 0 Å². The van der Waals surface area contributed by atoms with Gasteiger partial charge in [-0.15, -0.1) is 11.3 Å². The minimum Gasteiger partial charge on any atom is -0.336 e. The van der Waals surface area contributed by atoms with Crippen LogP contribution < -0.4 is 0 Å². The van der Waals surface area contributed by atoms with Crippen LogP contribution in [-0.4, -0.2) is 47.8 Å². The Hall–Kier alpha value is -2.40. The molecule has 1 saturated heterocycles.